The van der Waals surface area contributed by atoms with Gasteiger partial charge >= 0.3 is 0 Å². The van der Waals surface area contributed by atoms with Crippen molar-refractivity contribution in [1.29, 1.82) is 0 Å². The highest BCUT2D eigenvalue weighted by Gasteiger charge is 2.28. The maximum atomic E-state index is 13.6. The van der Waals surface area contributed by atoms with Crippen LogP contribution in [0.15, 0.2) is 71.6 Å². The number of hydrogen-bond acceptors (Lipinski definition) is 4. The number of ether oxygens (including phenoxy) is 2. The van der Waals surface area contributed by atoms with Crippen molar-refractivity contribution in [2.75, 3.05) is 13.2 Å². The van der Waals surface area contributed by atoms with E-state index >= 15 is 0 Å². The number of nitrogens with zero attached hydrogens (tertiary/aromatic N) is 1. The summed E-state index contributed by atoms with van der Waals surface area (Å²) in [5.41, 5.74) is 2.26. The van der Waals surface area contributed by atoms with Gasteiger partial charge in [-0.1, -0.05) is 24.3 Å². The Morgan fingerprint density at radius 3 is 2.35 bits per heavy atom. The largest absolute Gasteiger partial charge is 0.492 e. The third kappa shape index (κ3) is 5.10. The molecule has 0 bridgehead atoms. The second-order valence-corrected chi connectivity index (χ2v) is 9.15. The van der Waals surface area contributed by atoms with Crippen LogP contribution in [0.2, 0.25) is 0 Å². The Balaban J connectivity index is 1.49. The van der Waals surface area contributed by atoms with Gasteiger partial charge in [0.25, 0.3) is 0 Å². The quantitative estimate of drug-likeness (QED) is 0.569. The normalized spacial score (nSPS) is 14.5. The summed E-state index contributed by atoms with van der Waals surface area (Å²) in [6, 6.07) is 16.6. The topological polar surface area (TPSA) is 55.8 Å². The molecule has 1 aliphatic heterocycles. The zero-order valence-corrected chi connectivity index (χ0v) is 17.4. The summed E-state index contributed by atoms with van der Waals surface area (Å²) in [7, 11) is -3.87. The monoisotopic (exact) mass is 445 g/mol. The van der Waals surface area contributed by atoms with Gasteiger partial charge in [-0.15, -0.1) is 0 Å². The Hall–Kier alpha value is -2.81. The molecule has 0 N–H and O–H groups in total. The molecular weight excluding hydrogens is 424 g/mol. The van der Waals surface area contributed by atoms with Crippen LogP contribution in [-0.2, 0) is 34.5 Å². The lowest BCUT2D eigenvalue weighted by Crippen LogP contribution is -2.32. The first kappa shape index (κ1) is 21.4. The predicted molar refractivity (Wildman–Crippen MR) is 111 cm³/mol. The molecule has 0 fully saturated rings. The van der Waals surface area contributed by atoms with Crippen molar-refractivity contribution in [2.24, 2.45) is 0 Å². The van der Waals surface area contributed by atoms with E-state index in [1.54, 1.807) is 18.2 Å². The van der Waals surface area contributed by atoms with E-state index in [1.165, 1.54) is 34.6 Å². The van der Waals surface area contributed by atoms with Crippen molar-refractivity contribution in [3.8, 4) is 5.75 Å². The molecule has 5 nitrogen and oxygen atoms in total. The SMILES string of the molecule is O=S(=O)(c1cccc(F)c1)N1CCOc2ccc(COCc3cccc(F)c3)cc2C1. The minimum atomic E-state index is -3.87. The first-order valence-corrected chi connectivity index (χ1v) is 11.2. The van der Waals surface area contributed by atoms with Gasteiger partial charge in [-0.25, -0.2) is 17.2 Å². The van der Waals surface area contributed by atoms with Gasteiger partial charge in [0, 0.05) is 18.7 Å². The lowest BCUT2D eigenvalue weighted by atomic mass is 10.1. The molecule has 8 heteroatoms. The van der Waals surface area contributed by atoms with Crippen molar-refractivity contribution in [1.82, 2.24) is 4.31 Å². The van der Waals surface area contributed by atoms with Crippen LogP contribution in [0.1, 0.15) is 16.7 Å². The molecule has 3 aromatic rings. The molecule has 0 saturated heterocycles. The highest BCUT2D eigenvalue weighted by Crippen LogP contribution is 2.28. The van der Waals surface area contributed by atoms with Crippen LogP contribution in [0.5, 0.6) is 5.75 Å². The van der Waals surface area contributed by atoms with Gasteiger partial charge in [-0.3, -0.25) is 0 Å². The van der Waals surface area contributed by atoms with Gasteiger partial charge in [-0.05, 0) is 53.6 Å². The number of fused-ring (bicyclic) bond motifs is 1. The van der Waals surface area contributed by atoms with Crippen molar-refractivity contribution < 1.29 is 26.7 Å². The minimum Gasteiger partial charge on any atom is -0.492 e. The Bertz CT molecular complexity index is 1180. The van der Waals surface area contributed by atoms with Gasteiger partial charge in [0.15, 0.2) is 0 Å². The fraction of sp³-hybridized carbons (Fsp3) is 0.217. The van der Waals surface area contributed by atoms with E-state index in [0.29, 0.717) is 11.3 Å². The summed E-state index contributed by atoms with van der Waals surface area (Å²) in [5, 5.41) is 0. The summed E-state index contributed by atoms with van der Waals surface area (Å²) in [6.45, 7) is 0.980. The number of sulfonamides is 1. The second kappa shape index (κ2) is 9.13. The Morgan fingerprint density at radius 2 is 1.61 bits per heavy atom. The van der Waals surface area contributed by atoms with Crippen molar-refractivity contribution >= 4 is 10.0 Å². The third-order valence-corrected chi connectivity index (χ3v) is 6.77. The van der Waals surface area contributed by atoms with E-state index in [-0.39, 0.29) is 43.6 Å². The second-order valence-electron chi connectivity index (χ2n) is 7.21. The van der Waals surface area contributed by atoms with Crippen LogP contribution < -0.4 is 4.74 Å². The van der Waals surface area contributed by atoms with E-state index in [2.05, 4.69) is 0 Å². The molecular formula is C23H21F2NO4S. The first-order valence-electron chi connectivity index (χ1n) is 9.74. The molecule has 4 rings (SSSR count). The summed E-state index contributed by atoms with van der Waals surface area (Å²) >= 11 is 0. The Labute approximate surface area is 179 Å². The Morgan fingerprint density at radius 1 is 0.903 bits per heavy atom. The fourth-order valence-corrected chi connectivity index (χ4v) is 4.84. The zero-order chi connectivity index (χ0) is 21.8. The standard InChI is InChI=1S/C23H21F2NO4S/c24-20-4-1-3-17(12-20)15-29-16-18-7-8-23-19(11-18)14-26(9-10-30-23)31(27,28)22-6-2-5-21(25)13-22/h1-8,11-13H,9-10,14-16H2. The smallest absolute Gasteiger partial charge is 0.243 e. The molecule has 1 heterocycles. The molecule has 1 aliphatic rings. The average molecular weight is 445 g/mol. The third-order valence-electron chi connectivity index (χ3n) is 4.93. The molecule has 3 aromatic carbocycles. The van der Waals surface area contributed by atoms with E-state index in [1.807, 2.05) is 12.1 Å². The van der Waals surface area contributed by atoms with E-state index in [9.17, 15) is 17.2 Å². The van der Waals surface area contributed by atoms with Crippen LogP contribution in [0.25, 0.3) is 0 Å². The van der Waals surface area contributed by atoms with Gasteiger partial charge in [-0.2, -0.15) is 4.31 Å². The summed E-state index contributed by atoms with van der Waals surface area (Å²) < 4.78 is 65.5. The van der Waals surface area contributed by atoms with Crippen LogP contribution in [0, 0.1) is 11.6 Å². The zero-order valence-electron chi connectivity index (χ0n) is 16.6. The molecule has 31 heavy (non-hydrogen) atoms. The predicted octanol–water partition coefficient (Wildman–Crippen LogP) is 4.26. The fourth-order valence-electron chi connectivity index (χ4n) is 3.41. The molecule has 0 spiro atoms. The lowest BCUT2D eigenvalue weighted by molar-refractivity contribution is 0.107. The maximum absolute atomic E-state index is 13.6. The summed E-state index contributed by atoms with van der Waals surface area (Å²) in [6.07, 6.45) is 0. The molecule has 0 atom stereocenters. The highest BCUT2D eigenvalue weighted by atomic mass is 32.2. The molecule has 0 amide bonds. The van der Waals surface area contributed by atoms with Crippen molar-refractivity contribution in [2.45, 2.75) is 24.7 Å². The Kier molecular flexibility index (Phi) is 6.31. The van der Waals surface area contributed by atoms with E-state index in [0.717, 1.165) is 17.2 Å². The summed E-state index contributed by atoms with van der Waals surface area (Å²) in [4.78, 5) is -0.0921. The number of hydrogen-bond donors (Lipinski definition) is 0. The molecule has 0 aromatic heterocycles. The van der Waals surface area contributed by atoms with Crippen LogP contribution in [-0.4, -0.2) is 25.9 Å². The molecule has 0 aliphatic carbocycles. The van der Waals surface area contributed by atoms with Gasteiger partial charge in [0.1, 0.15) is 24.0 Å². The van der Waals surface area contributed by atoms with Crippen molar-refractivity contribution in [3.63, 3.8) is 0 Å². The lowest BCUT2D eigenvalue weighted by Gasteiger charge is -2.19. The number of halogens is 2. The summed E-state index contributed by atoms with van der Waals surface area (Å²) in [5.74, 6) is -0.320. The molecule has 162 valence electrons. The number of benzene rings is 3. The number of rotatable bonds is 6. The molecule has 0 saturated carbocycles. The van der Waals surface area contributed by atoms with E-state index in [4.69, 9.17) is 9.47 Å². The molecule has 0 radical (unpaired) electrons. The highest BCUT2D eigenvalue weighted by molar-refractivity contribution is 7.89. The van der Waals surface area contributed by atoms with Crippen LogP contribution in [0.4, 0.5) is 8.78 Å². The van der Waals surface area contributed by atoms with Gasteiger partial charge in [0.05, 0.1) is 18.1 Å². The first-order chi connectivity index (χ1) is 14.9. The minimum absolute atomic E-state index is 0.0921. The maximum Gasteiger partial charge on any atom is 0.243 e. The van der Waals surface area contributed by atoms with Crippen molar-refractivity contribution in [3.05, 3.63) is 95.1 Å². The van der Waals surface area contributed by atoms with Crippen LogP contribution in [0.3, 0.4) is 0 Å². The van der Waals surface area contributed by atoms with Gasteiger partial charge in [0.2, 0.25) is 10.0 Å². The van der Waals surface area contributed by atoms with Gasteiger partial charge < -0.3 is 9.47 Å². The van der Waals surface area contributed by atoms with E-state index < -0.39 is 15.8 Å². The molecule has 0 unspecified atom stereocenters. The van der Waals surface area contributed by atoms with Crippen LogP contribution >= 0.6 is 0 Å². The average Bonchev–Trinajstić information content (AvgIpc) is 2.96.